The van der Waals surface area contributed by atoms with Gasteiger partial charge in [-0.25, -0.2) is 0 Å². The molecule has 0 radical (unpaired) electrons. The van der Waals surface area contributed by atoms with Crippen molar-refractivity contribution in [1.29, 1.82) is 0 Å². The molecule has 1 saturated heterocycles. The molecular weight excluding hydrogens is 262 g/mol. The van der Waals surface area contributed by atoms with Crippen molar-refractivity contribution in [2.24, 2.45) is 11.7 Å². The maximum Gasteiger partial charge on any atom is 0.113 e. The molecule has 4 nitrogen and oxygen atoms in total. The zero-order valence-corrected chi connectivity index (χ0v) is 12.8. The molecule has 2 aliphatic rings. The quantitative estimate of drug-likeness (QED) is 0.580. The number of nitrogens with one attached hydrogen (secondary N) is 2. The lowest BCUT2D eigenvalue weighted by Gasteiger charge is -2.18. The number of aliphatic hydroxyl groups excluding tert-OH is 1. The molecule has 21 heavy (non-hydrogen) atoms. The Labute approximate surface area is 127 Å². The SMILES string of the molecule is CC1NC(O)C(CNC2=C\CC/C=C/C=C\2)/C1=C/CCN. The van der Waals surface area contributed by atoms with Crippen LogP contribution >= 0.6 is 0 Å². The van der Waals surface area contributed by atoms with E-state index in [1.54, 1.807) is 0 Å². The van der Waals surface area contributed by atoms with E-state index < -0.39 is 6.23 Å². The first-order valence-corrected chi connectivity index (χ1v) is 7.83. The standard InChI is InChI=1S/C17H27N3O/c1-13-15(10-7-11-18)16(17(21)20-13)12-19-14-8-5-3-2-4-6-9-14/h2-3,5,8-10,13,16-17,19-21H,4,6-7,11-12,18H2,1H3/b3-2+,8-5-,14-9-,15-10+. The highest BCUT2D eigenvalue weighted by Gasteiger charge is 2.34. The molecule has 0 aromatic rings. The van der Waals surface area contributed by atoms with Crippen LogP contribution in [0.15, 0.2) is 47.7 Å². The van der Waals surface area contributed by atoms with Crippen LogP contribution in [0.3, 0.4) is 0 Å². The van der Waals surface area contributed by atoms with E-state index in [0.717, 1.165) is 31.5 Å². The predicted octanol–water partition coefficient (Wildman–Crippen LogP) is 1.57. The van der Waals surface area contributed by atoms with E-state index in [-0.39, 0.29) is 12.0 Å². The van der Waals surface area contributed by atoms with Crippen LogP contribution in [0.5, 0.6) is 0 Å². The van der Waals surface area contributed by atoms with E-state index in [2.05, 4.69) is 54.0 Å². The fraction of sp³-hybridized carbons (Fsp3) is 0.529. The summed E-state index contributed by atoms with van der Waals surface area (Å²) in [5.41, 5.74) is 7.98. The van der Waals surface area contributed by atoms with Gasteiger partial charge in [-0.2, -0.15) is 0 Å². The van der Waals surface area contributed by atoms with E-state index in [1.165, 1.54) is 5.57 Å². The van der Waals surface area contributed by atoms with Gasteiger partial charge in [0.25, 0.3) is 0 Å². The number of rotatable bonds is 5. The van der Waals surface area contributed by atoms with E-state index in [4.69, 9.17) is 5.73 Å². The van der Waals surface area contributed by atoms with Crippen molar-refractivity contribution in [3.05, 3.63) is 47.7 Å². The zero-order chi connectivity index (χ0) is 15.1. The summed E-state index contributed by atoms with van der Waals surface area (Å²) in [5.74, 6) is 0.0989. The van der Waals surface area contributed by atoms with Gasteiger partial charge in [-0.3, -0.25) is 5.32 Å². The molecule has 0 bridgehead atoms. The molecule has 1 fully saturated rings. The maximum absolute atomic E-state index is 10.2. The Balaban J connectivity index is 1.98. The molecule has 1 aliphatic carbocycles. The highest BCUT2D eigenvalue weighted by atomic mass is 16.3. The summed E-state index contributed by atoms with van der Waals surface area (Å²) in [6.45, 7) is 3.47. The van der Waals surface area contributed by atoms with Crippen molar-refractivity contribution in [2.75, 3.05) is 13.1 Å². The number of hydrogen-bond acceptors (Lipinski definition) is 4. The first-order valence-electron chi connectivity index (χ1n) is 7.83. The van der Waals surface area contributed by atoms with Crippen LogP contribution in [-0.4, -0.2) is 30.5 Å². The number of nitrogens with two attached hydrogens (primary N) is 1. The van der Waals surface area contributed by atoms with Gasteiger partial charge in [-0.1, -0.05) is 30.4 Å². The summed E-state index contributed by atoms with van der Waals surface area (Å²) in [4.78, 5) is 0. The number of allylic oxidation sites excluding steroid dienone is 5. The van der Waals surface area contributed by atoms with Crippen molar-refractivity contribution in [1.82, 2.24) is 10.6 Å². The molecule has 3 atom stereocenters. The molecule has 1 heterocycles. The highest BCUT2D eigenvalue weighted by Crippen LogP contribution is 2.26. The first-order chi connectivity index (χ1) is 10.2. The van der Waals surface area contributed by atoms with Gasteiger partial charge in [0, 0.05) is 24.2 Å². The topological polar surface area (TPSA) is 70.3 Å². The molecule has 0 spiro atoms. The van der Waals surface area contributed by atoms with Gasteiger partial charge < -0.3 is 16.2 Å². The average Bonchev–Trinajstić information content (AvgIpc) is 2.69. The lowest BCUT2D eigenvalue weighted by Crippen LogP contribution is -2.33. The molecule has 0 amide bonds. The third-order valence-corrected chi connectivity index (χ3v) is 4.02. The molecular formula is C17H27N3O. The van der Waals surface area contributed by atoms with Crippen LogP contribution in [0.1, 0.15) is 26.2 Å². The summed E-state index contributed by atoms with van der Waals surface area (Å²) >= 11 is 0. The van der Waals surface area contributed by atoms with Gasteiger partial charge in [0.1, 0.15) is 6.23 Å². The Hall–Kier alpha value is -1.36. The minimum absolute atomic E-state index is 0.0989. The third-order valence-electron chi connectivity index (χ3n) is 4.02. The Kier molecular flexibility index (Phi) is 6.23. The van der Waals surface area contributed by atoms with E-state index >= 15 is 0 Å². The maximum atomic E-state index is 10.2. The van der Waals surface area contributed by atoms with Gasteiger partial charge >= 0.3 is 0 Å². The molecule has 0 aromatic heterocycles. The molecule has 1 aliphatic heterocycles. The second kappa shape index (κ2) is 8.17. The summed E-state index contributed by atoms with van der Waals surface area (Å²) in [6.07, 6.45) is 15.2. The van der Waals surface area contributed by atoms with Crippen molar-refractivity contribution in [3.8, 4) is 0 Å². The second-order valence-corrected chi connectivity index (χ2v) is 5.63. The minimum atomic E-state index is -0.491. The zero-order valence-electron chi connectivity index (χ0n) is 12.8. The van der Waals surface area contributed by atoms with Gasteiger partial charge in [0.2, 0.25) is 0 Å². The van der Waals surface area contributed by atoms with Crippen LogP contribution in [0.25, 0.3) is 0 Å². The molecule has 2 rings (SSSR count). The molecule has 0 saturated carbocycles. The van der Waals surface area contributed by atoms with E-state index in [9.17, 15) is 5.11 Å². The molecule has 4 heteroatoms. The third kappa shape index (κ3) is 4.56. The Morgan fingerprint density at radius 2 is 2.29 bits per heavy atom. The molecule has 5 N–H and O–H groups in total. The smallest absolute Gasteiger partial charge is 0.113 e. The molecule has 3 unspecified atom stereocenters. The fourth-order valence-electron chi connectivity index (χ4n) is 2.88. The lowest BCUT2D eigenvalue weighted by molar-refractivity contribution is 0.117. The summed E-state index contributed by atoms with van der Waals surface area (Å²) in [6, 6.07) is 0.211. The average molecular weight is 289 g/mol. The van der Waals surface area contributed by atoms with Crippen molar-refractivity contribution >= 4 is 0 Å². The molecule has 0 aromatic carbocycles. The number of aliphatic hydroxyl groups is 1. The largest absolute Gasteiger partial charge is 0.385 e. The Morgan fingerprint density at radius 1 is 1.43 bits per heavy atom. The second-order valence-electron chi connectivity index (χ2n) is 5.63. The highest BCUT2D eigenvalue weighted by molar-refractivity contribution is 5.25. The van der Waals surface area contributed by atoms with Gasteiger partial charge in [0.15, 0.2) is 0 Å². The van der Waals surface area contributed by atoms with E-state index in [1.807, 2.05) is 0 Å². The van der Waals surface area contributed by atoms with Gasteiger partial charge in [-0.15, -0.1) is 0 Å². The van der Waals surface area contributed by atoms with Crippen LogP contribution in [-0.2, 0) is 0 Å². The van der Waals surface area contributed by atoms with Crippen LogP contribution < -0.4 is 16.4 Å². The van der Waals surface area contributed by atoms with Gasteiger partial charge in [-0.05, 0) is 44.4 Å². The first kappa shape index (κ1) is 16.0. The Bertz CT molecular complexity index is 451. The minimum Gasteiger partial charge on any atom is -0.385 e. The normalized spacial score (nSPS) is 36.6. The summed E-state index contributed by atoms with van der Waals surface area (Å²) in [7, 11) is 0. The predicted molar refractivity (Wildman–Crippen MR) is 87.4 cm³/mol. The van der Waals surface area contributed by atoms with Crippen LogP contribution in [0.4, 0.5) is 0 Å². The van der Waals surface area contributed by atoms with E-state index in [0.29, 0.717) is 6.54 Å². The number of hydrogen-bond donors (Lipinski definition) is 4. The monoisotopic (exact) mass is 289 g/mol. The van der Waals surface area contributed by atoms with Crippen molar-refractivity contribution in [3.63, 3.8) is 0 Å². The van der Waals surface area contributed by atoms with Crippen LogP contribution in [0, 0.1) is 5.92 Å². The summed E-state index contributed by atoms with van der Waals surface area (Å²) in [5, 5.41) is 16.8. The Morgan fingerprint density at radius 3 is 3.10 bits per heavy atom. The lowest BCUT2D eigenvalue weighted by atomic mass is 9.96. The van der Waals surface area contributed by atoms with Gasteiger partial charge in [0.05, 0.1) is 0 Å². The van der Waals surface area contributed by atoms with Crippen LogP contribution in [0.2, 0.25) is 0 Å². The fourth-order valence-corrected chi connectivity index (χ4v) is 2.88. The molecule has 116 valence electrons. The van der Waals surface area contributed by atoms with Crippen molar-refractivity contribution < 1.29 is 5.11 Å². The van der Waals surface area contributed by atoms with Crippen molar-refractivity contribution in [2.45, 2.75) is 38.5 Å². The summed E-state index contributed by atoms with van der Waals surface area (Å²) < 4.78 is 0.